The number of Topliss-reactive ketones (excluding diaryl/α,β-unsaturated/α-hetero) is 1. The van der Waals surface area contributed by atoms with Crippen LogP contribution >= 0.6 is 35.5 Å². The number of benzene rings is 1. The first kappa shape index (κ1) is 79.7. The molecular weight excluding hydrogens is 1140 g/mol. The number of aromatic amines is 1. The molecule has 24 heteroatoms. The number of carbonyl (C=O) groups is 2. The molecule has 85 heavy (non-hydrogen) atoms. The van der Waals surface area contributed by atoms with E-state index in [2.05, 4.69) is 117 Å². The Balaban J connectivity index is 0.000000967. The Bertz CT molecular complexity index is 2500. The molecule has 480 valence electrons. The minimum Gasteiger partial charge on any atom is -0.507 e. The van der Waals surface area contributed by atoms with E-state index in [0.29, 0.717) is 67.6 Å². The van der Waals surface area contributed by atoms with Crippen LogP contribution in [0.5, 0.6) is 5.75 Å². The number of nitrogens with one attached hydrogen (secondary N) is 4. The molecule has 0 amide bonds. The van der Waals surface area contributed by atoms with Crippen molar-refractivity contribution < 1.29 is 48.1 Å². The van der Waals surface area contributed by atoms with Gasteiger partial charge in [0, 0.05) is 39.9 Å². The number of carbonyl (C=O) groups excluding carboxylic acids is 2. The average Bonchev–Trinajstić information content (AvgIpc) is 4.31. The van der Waals surface area contributed by atoms with Gasteiger partial charge in [-0.25, -0.2) is 30.9 Å². The normalized spacial score (nSPS) is 15.8. The largest absolute Gasteiger partial charge is 0.507 e. The maximum absolute atomic E-state index is 11.2. The van der Waals surface area contributed by atoms with E-state index in [-0.39, 0.29) is 63.4 Å². The molecule has 0 saturated carbocycles. The molecule has 1 saturated heterocycles. The van der Waals surface area contributed by atoms with Crippen molar-refractivity contribution in [3.63, 3.8) is 0 Å². The summed E-state index contributed by atoms with van der Waals surface area (Å²) in [6.45, 7) is 57.6. The Morgan fingerprint density at radius 2 is 1.14 bits per heavy atom. The molecule has 7 rings (SSSR count). The first-order valence-corrected chi connectivity index (χ1v) is 30.1. The quantitative estimate of drug-likeness (QED) is 0.0641. The second-order valence-electron chi connectivity index (χ2n) is 26.1. The molecule has 6 heterocycles. The lowest BCUT2D eigenvalue weighted by atomic mass is 9.92. The Morgan fingerprint density at radius 3 is 1.49 bits per heavy atom. The Hall–Kier alpha value is -5.34. The fraction of sp³-hybridized carbons (Fsp3) is 0.623. The highest BCUT2D eigenvalue weighted by Crippen LogP contribution is 2.32. The van der Waals surface area contributed by atoms with Gasteiger partial charge in [0.05, 0.1) is 46.3 Å². The zero-order valence-electron chi connectivity index (χ0n) is 54.2. The molecule has 0 radical (unpaired) electrons. The number of hydrogen-bond acceptors (Lipinski definition) is 23. The Kier molecular flexibility index (Phi) is 34.4. The summed E-state index contributed by atoms with van der Waals surface area (Å²) in [5.41, 5.74) is 5.95. The molecule has 21 nitrogen and oxygen atoms in total. The van der Waals surface area contributed by atoms with E-state index in [0.717, 1.165) is 50.6 Å². The topological polar surface area (TPSA) is 259 Å². The third kappa shape index (κ3) is 43.0. The lowest BCUT2D eigenvalue weighted by Gasteiger charge is -2.20. The minimum atomic E-state index is -0.272. The second kappa shape index (κ2) is 36.7. The van der Waals surface area contributed by atoms with Gasteiger partial charge in [-0.3, -0.25) is 14.7 Å². The molecule has 1 aromatic carbocycles. The van der Waals surface area contributed by atoms with Gasteiger partial charge in [0.1, 0.15) is 61.0 Å². The molecule has 5 N–H and O–H groups in total. The number of nitrogens with zero attached hydrogens (tertiary/aromatic N) is 7. The number of rotatable bonds is 12. The molecule has 2 aromatic heterocycles. The van der Waals surface area contributed by atoms with E-state index in [1.165, 1.54) is 18.3 Å². The number of aryl methyl sites for hydroxylation is 1. The first-order valence-electron chi connectivity index (χ1n) is 27.4. The van der Waals surface area contributed by atoms with Crippen molar-refractivity contribution in [1.82, 2.24) is 40.8 Å². The molecule has 1 fully saturated rings. The second-order valence-corrected chi connectivity index (χ2v) is 29.3. The number of ether oxygens (including phenoxy) is 5. The number of para-hydroxylation sites is 1. The van der Waals surface area contributed by atoms with Gasteiger partial charge in [-0.1, -0.05) is 79.4 Å². The summed E-state index contributed by atoms with van der Waals surface area (Å²) in [5, 5.41) is 16.4. The van der Waals surface area contributed by atoms with E-state index in [4.69, 9.17) is 33.4 Å². The standard InChI is InChI=1S/C11H16OS.C9H14N2.C9H14O3S.2C8H14N2O2.C8H14N2OS.C7H13N3O.CH4/c1-11(2,3)8-13-10-7-5-4-6-9(10)12;1-7-10-6-5-8(11-7)9(2,3)4;1-9(2,3)12-5-7-6(10)4-8(11)13-7;3*1-6-9-7(10-12-6)5-11-8(2,3)4;1-7(2,3)11-4-6-8-5-9-10-6;/h4-7,12H,8H2,1-3H3;5-6H,1-4H3;7H,4-5H2,1-3H3;3*1,5H2,2-4H3,(H,9,10);5H,4H2,1-3H3,(H,8,9,10);1H4. The fourth-order valence-electron chi connectivity index (χ4n) is 5.29. The van der Waals surface area contributed by atoms with E-state index in [1.807, 2.05) is 141 Å². The van der Waals surface area contributed by atoms with E-state index in [9.17, 15) is 14.7 Å². The van der Waals surface area contributed by atoms with Gasteiger partial charge in [0.15, 0.2) is 22.6 Å². The van der Waals surface area contributed by atoms with Gasteiger partial charge in [0.25, 0.3) is 0 Å². The van der Waals surface area contributed by atoms with Crippen LogP contribution in [0.1, 0.15) is 177 Å². The van der Waals surface area contributed by atoms with Crippen LogP contribution in [0.3, 0.4) is 0 Å². The number of phenols is 1. The molecule has 1 atom stereocenters. The minimum absolute atomic E-state index is 0. The Morgan fingerprint density at radius 1 is 0.659 bits per heavy atom. The fourth-order valence-corrected chi connectivity index (χ4v) is 7.66. The summed E-state index contributed by atoms with van der Waals surface area (Å²) in [6.07, 6.45) is 3.35. The number of aliphatic imine (C=N–C) groups is 3. The van der Waals surface area contributed by atoms with E-state index in [1.54, 1.807) is 17.8 Å². The van der Waals surface area contributed by atoms with Crippen molar-refractivity contribution in [2.24, 2.45) is 20.4 Å². The van der Waals surface area contributed by atoms with E-state index >= 15 is 0 Å². The third-order valence-electron chi connectivity index (χ3n) is 9.36. The number of aromatic hydroxyl groups is 1. The number of amidine groups is 3. The van der Waals surface area contributed by atoms with Gasteiger partial charge < -0.3 is 43.2 Å². The number of hydrogen-bond donors (Lipinski definition) is 5. The summed E-state index contributed by atoms with van der Waals surface area (Å²) in [5.74, 6) is 5.94. The van der Waals surface area contributed by atoms with Crippen LogP contribution in [0.25, 0.3) is 0 Å². The smallest absolute Gasteiger partial charge is 0.240 e. The highest BCUT2D eigenvalue weighted by Gasteiger charge is 2.33. The number of thioether (sulfide) groups is 2. The summed E-state index contributed by atoms with van der Waals surface area (Å²) in [7, 11) is 0. The lowest BCUT2D eigenvalue weighted by molar-refractivity contribution is -0.122. The molecule has 0 spiro atoms. The number of hydroxylamine groups is 2. The zero-order chi connectivity index (χ0) is 64.3. The number of phenolic OH excluding ortho intramolecular Hbond substituents is 1. The van der Waals surface area contributed by atoms with Crippen molar-refractivity contribution in [3.05, 3.63) is 96.7 Å². The molecule has 0 aliphatic carbocycles. The van der Waals surface area contributed by atoms with Gasteiger partial charge in [-0.05, 0) is 148 Å². The van der Waals surface area contributed by atoms with Crippen LogP contribution in [0, 0.1) is 12.3 Å². The number of aromatic nitrogens is 5. The summed E-state index contributed by atoms with van der Waals surface area (Å²) < 4.78 is 30.3. The van der Waals surface area contributed by atoms with Crippen molar-refractivity contribution in [2.75, 3.05) is 32.2 Å². The summed E-state index contributed by atoms with van der Waals surface area (Å²) >= 11 is 4.23. The molecule has 1 unspecified atom stereocenters. The van der Waals surface area contributed by atoms with Crippen molar-refractivity contribution in [2.45, 2.75) is 216 Å². The van der Waals surface area contributed by atoms with Crippen molar-refractivity contribution >= 4 is 63.9 Å². The Labute approximate surface area is 521 Å². The highest BCUT2D eigenvalue weighted by atomic mass is 32.2. The predicted molar refractivity (Wildman–Crippen MR) is 349 cm³/mol. The summed E-state index contributed by atoms with van der Waals surface area (Å²) in [4.78, 5) is 57.0. The van der Waals surface area contributed by atoms with E-state index < -0.39 is 0 Å². The van der Waals surface area contributed by atoms with Crippen LogP contribution in [0.2, 0.25) is 0 Å². The summed E-state index contributed by atoms with van der Waals surface area (Å²) in [6, 6.07) is 9.44. The van der Waals surface area contributed by atoms with Crippen LogP contribution in [0.15, 0.2) is 99.3 Å². The van der Waals surface area contributed by atoms with Crippen LogP contribution in [0.4, 0.5) is 0 Å². The van der Waals surface area contributed by atoms with Gasteiger partial charge in [-0.15, -0.1) is 11.8 Å². The van der Waals surface area contributed by atoms with Crippen LogP contribution < -0.4 is 15.7 Å². The lowest BCUT2D eigenvalue weighted by Crippen LogP contribution is -2.28. The maximum Gasteiger partial charge on any atom is 0.240 e. The molecular formula is C61H103N11O10S3. The average molecular weight is 1250 g/mol. The zero-order valence-corrected chi connectivity index (χ0v) is 56.6. The van der Waals surface area contributed by atoms with Gasteiger partial charge >= 0.3 is 0 Å². The number of ketones is 1. The molecule has 0 bridgehead atoms. The first-order chi connectivity index (χ1) is 38.4. The molecule has 4 aliphatic heterocycles. The van der Waals surface area contributed by atoms with Crippen molar-refractivity contribution in [1.29, 1.82) is 0 Å². The van der Waals surface area contributed by atoms with Gasteiger partial charge in [0.2, 0.25) is 11.8 Å². The monoisotopic (exact) mass is 1250 g/mol. The predicted octanol–water partition coefficient (Wildman–Crippen LogP) is 13.1. The van der Waals surface area contributed by atoms with Crippen LogP contribution in [-0.4, -0.2) is 124 Å². The SMILES string of the molecule is C.C=C1N=C(COC(C)(C)C)NO1.C=C1N=C(COC(C)(C)C)NO1.C=C1N=C(COC(C)(C)C)NS1.CC(C)(C)CSc1ccccc1O.CC(C)(C)OCC1SC(=O)CC1=O.CC(C)(C)OCc1ncn[nH]1.Cc1nccc(C(C)(C)C)n1. The number of H-pyrrole nitrogens is 1. The van der Waals surface area contributed by atoms with Crippen molar-refractivity contribution in [3.8, 4) is 5.75 Å². The third-order valence-corrected chi connectivity index (χ3v) is 12.8. The highest BCUT2D eigenvalue weighted by molar-refractivity contribution is 8.15. The molecule has 3 aromatic rings. The van der Waals surface area contributed by atoms with Crippen LogP contribution in [-0.2, 0) is 55.0 Å². The maximum atomic E-state index is 11.2. The van der Waals surface area contributed by atoms with Gasteiger partial charge in [-0.2, -0.15) is 15.1 Å². The molecule has 4 aliphatic rings.